The van der Waals surface area contributed by atoms with Gasteiger partial charge in [0.25, 0.3) is 0 Å². The number of hydrogen-bond acceptors (Lipinski definition) is 17. The third-order valence-corrected chi connectivity index (χ3v) is 6.87. The normalized spacial score (nSPS) is 17.8. The van der Waals surface area contributed by atoms with Crippen molar-refractivity contribution in [2.45, 2.75) is 50.1 Å². The van der Waals surface area contributed by atoms with Crippen LogP contribution in [0, 0.1) is 0 Å². The minimum Gasteiger partial charge on any atom is -0.395 e. The van der Waals surface area contributed by atoms with Crippen LogP contribution in [0.3, 0.4) is 0 Å². The molecule has 0 saturated carbocycles. The molecule has 4 unspecified atom stereocenters. The van der Waals surface area contributed by atoms with E-state index in [-0.39, 0.29) is 52.9 Å². The van der Waals surface area contributed by atoms with Crippen molar-refractivity contribution in [2.24, 2.45) is 0 Å². The molecular formula is C32H69N3O14. The summed E-state index contributed by atoms with van der Waals surface area (Å²) in [6.07, 6.45) is 3.09. The van der Waals surface area contributed by atoms with Gasteiger partial charge < -0.3 is 74.6 Å². The number of ether oxygens (including phenoxy) is 6. The Labute approximate surface area is 292 Å². The topological polar surface area (TPSA) is 242 Å². The first-order chi connectivity index (χ1) is 23.9. The van der Waals surface area contributed by atoms with Crippen molar-refractivity contribution < 1.29 is 69.3 Å². The van der Waals surface area contributed by atoms with E-state index >= 15 is 0 Å². The lowest BCUT2D eigenvalue weighted by atomic mass is 10.3. The maximum Gasteiger partial charge on any atom is 0.104 e. The zero-order valence-electron chi connectivity index (χ0n) is 29.5. The number of hydrogen-bond donors (Lipinski definition) is 9. The van der Waals surface area contributed by atoms with E-state index in [0.29, 0.717) is 77.8 Å². The van der Waals surface area contributed by atoms with Gasteiger partial charge in [-0.05, 0) is 25.7 Å². The van der Waals surface area contributed by atoms with Crippen molar-refractivity contribution in [1.82, 2.24) is 15.1 Å². The highest BCUT2D eigenvalue weighted by Gasteiger charge is 2.22. The molecule has 17 heteroatoms. The number of rotatable bonds is 34. The van der Waals surface area contributed by atoms with Gasteiger partial charge in [0.15, 0.2) is 0 Å². The maximum atomic E-state index is 9.91. The fourth-order valence-electron chi connectivity index (χ4n) is 4.15. The number of aliphatic hydroxyl groups is 8. The van der Waals surface area contributed by atoms with E-state index in [0.717, 1.165) is 65.3 Å². The molecule has 0 aromatic carbocycles. The summed E-state index contributed by atoms with van der Waals surface area (Å²) in [4.78, 5) is 3.55. The Bertz CT molecular complexity index is 592. The van der Waals surface area contributed by atoms with Crippen LogP contribution in [0.15, 0.2) is 0 Å². The van der Waals surface area contributed by atoms with Crippen molar-refractivity contribution in [3.63, 3.8) is 0 Å². The van der Waals surface area contributed by atoms with Gasteiger partial charge in [-0.1, -0.05) is 0 Å². The Kier molecular flexibility index (Phi) is 36.6. The Morgan fingerprint density at radius 2 is 0.857 bits per heavy atom. The fourth-order valence-corrected chi connectivity index (χ4v) is 4.15. The molecule has 0 spiro atoms. The molecule has 0 aromatic rings. The monoisotopic (exact) mass is 719 g/mol. The first-order valence-corrected chi connectivity index (χ1v) is 17.6. The molecule has 0 aliphatic carbocycles. The molecule has 2 fully saturated rings. The van der Waals surface area contributed by atoms with Gasteiger partial charge in [-0.15, -0.1) is 0 Å². The lowest BCUT2D eigenvalue weighted by Crippen LogP contribution is -2.38. The van der Waals surface area contributed by atoms with Crippen molar-refractivity contribution in [2.75, 3.05) is 158 Å². The summed E-state index contributed by atoms with van der Waals surface area (Å²) in [7, 11) is 0. The second-order valence-electron chi connectivity index (χ2n) is 11.6. The predicted octanol–water partition coefficient (Wildman–Crippen LogP) is -3.75. The van der Waals surface area contributed by atoms with E-state index in [1.54, 1.807) is 9.80 Å². The van der Waals surface area contributed by atoms with Gasteiger partial charge in [0.2, 0.25) is 0 Å². The molecule has 2 saturated heterocycles. The molecule has 2 aliphatic heterocycles. The lowest BCUT2D eigenvalue weighted by Gasteiger charge is -2.23. The van der Waals surface area contributed by atoms with Crippen LogP contribution >= 0.6 is 0 Å². The first-order valence-electron chi connectivity index (χ1n) is 17.6. The van der Waals surface area contributed by atoms with Crippen LogP contribution in [-0.2, 0) is 28.4 Å². The van der Waals surface area contributed by atoms with Gasteiger partial charge in [0.05, 0.1) is 91.5 Å². The minimum absolute atomic E-state index is 0.0246. The fraction of sp³-hybridized carbons (Fsp3) is 1.00. The van der Waals surface area contributed by atoms with Crippen molar-refractivity contribution in [3.8, 4) is 0 Å². The Hall–Kier alpha value is -0.680. The molecule has 2 rings (SSSR count). The summed E-state index contributed by atoms with van der Waals surface area (Å²) in [6, 6.07) is 0. The summed E-state index contributed by atoms with van der Waals surface area (Å²) in [5.74, 6) is 0. The summed E-state index contributed by atoms with van der Waals surface area (Å²) in [5.41, 5.74) is 0. The van der Waals surface area contributed by atoms with Gasteiger partial charge in [0.1, 0.15) is 12.2 Å². The maximum absolute atomic E-state index is 9.91. The zero-order valence-corrected chi connectivity index (χ0v) is 29.5. The van der Waals surface area contributed by atoms with Crippen LogP contribution in [0.1, 0.15) is 25.7 Å². The van der Waals surface area contributed by atoms with Crippen LogP contribution in [0.4, 0.5) is 0 Å². The Morgan fingerprint density at radius 1 is 0.531 bits per heavy atom. The lowest BCUT2D eigenvalue weighted by molar-refractivity contribution is 0.000217. The number of aliphatic hydroxyl groups excluding tert-OH is 8. The average Bonchev–Trinajstić information content (AvgIpc) is 4.02. The largest absolute Gasteiger partial charge is 0.395 e. The Balaban J connectivity index is 0.000000891. The number of unbranched alkanes of at least 4 members (excludes halogenated alkanes) is 2. The van der Waals surface area contributed by atoms with Crippen molar-refractivity contribution in [3.05, 3.63) is 0 Å². The van der Waals surface area contributed by atoms with Gasteiger partial charge in [-0.25, -0.2) is 0 Å². The van der Waals surface area contributed by atoms with Gasteiger partial charge in [0, 0.05) is 78.8 Å². The smallest absolute Gasteiger partial charge is 0.104 e. The number of epoxide rings is 2. The van der Waals surface area contributed by atoms with Crippen LogP contribution in [0.2, 0.25) is 0 Å². The van der Waals surface area contributed by atoms with Crippen molar-refractivity contribution in [1.29, 1.82) is 0 Å². The van der Waals surface area contributed by atoms with E-state index in [9.17, 15) is 10.2 Å². The molecule has 9 N–H and O–H groups in total. The predicted molar refractivity (Wildman–Crippen MR) is 182 cm³/mol. The van der Waals surface area contributed by atoms with Gasteiger partial charge >= 0.3 is 0 Å². The number of nitrogens with zero attached hydrogens (tertiary/aromatic N) is 2. The molecular weight excluding hydrogens is 650 g/mol. The second-order valence-corrected chi connectivity index (χ2v) is 11.6. The molecule has 0 amide bonds. The highest BCUT2D eigenvalue weighted by Crippen LogP contribution is 2.10. The number of nitrogens with one attached hydrogen (secondary N) is 1. The molecule has 2 heterocycles. The first kappa shape index (κ1) is 48.3. The summed E-state index contributed by atoms with van der Waals surface area (Å²) in [5, 5.41) is 74.6. The molecule has 49 heavy (non-hydrogen) atoms. The van der Waals surface area contributed by atoms with E-state index in [2.05, 4.69) is 5.32 Å². The average molecular weight is 720 g/mol. The minimum atomic E-state index is -0.676. The SMILES string of the molecule is C(CCOCC1CO1)COCC1CO1.OCCN(CCO)CC(O)COCCCCOCC(O)CN(CCO)CCO.OCCNCCO. The van der Waals surface area contributed by atoms with Crippen LogP contribution in [0.25, 0.3) is 0 Å². The summed E-state index contributed by atoms with van der Waals surface area (Å²) >= 11 is 0. The third kappa shape index (κ3) is 36.9. The van der Waals surface area contributed by atoms with Crippen LogP contribution in [0.5, 0.6) is 0 Å². The summed E-state index contributed by atoms with van der Waals surface area (Å²) in [6.45, 7) is 9.89. The molecule has 0 bridgehead atoms. The highest BCUT2D eigenvalue weighted by atomic mass is 16.6. The molecule has 17 nitrogen and oxygen atoms in total. The molecule has 0 radical (unpaired) electrons. The van der Waals surface area contributed by atoms with Crippen molar-refractivity contribution >= 4 is 0 Å². The van der Waals surface area contributed by atoms with Crippen LogP contribution < -0.4 is 5.32 Å². The van der Waals surface area contributed by atoms with E-state index in [1.807, 2.05) is 0 Å². The molecule has 0 aromatic heterocycles. The van der Waals surface area contributed by atoms with E-state index < -0.39 is 12.2 Å². The van der Waals surface area contributed by atoms with Crippen LogP contribution in [-0.4, -0.2) is 233 Å². The van der Waals surface area contributed by atoms with Gasteiger partial charge in [-0.2, -0.15) is 0 Å². The highest BCUT2D eigenvalue weighted by molar-refractivity contribution is 4.68. The molecule has 4 atom stereocenters. The van der Waals surface area contributed by atoms with E-state index in [1.165, 1.54) is 0 Å². The quantitative estimate of drug-likeness (QED) is 0.0229. The molecule has 2 aliphatic rings. The zero-order chi connectivity index (χ0) is 36.2. The standard InChI is InChI=1S/C18H40N2O8.C10H18O4.C4H11NO2/c21-7-3-19(4-8-22)13-17(25)15-27-11-1-2-12-28-16-18(26)14-20(5-9-23)6-10-24;1(3-11-5-9-7-13-9)2-4-12-6-10-8-14-10;6-3-1-5-2-4-7/h17-18,21-26H,1-16H2;9-10H,1-8H2;5-7H,1-4H2. The Morgan fingerprint density at radius 3 is 1.14 bits per heavy atom. The summed E-state index contributed by atoms with van der Waals surface area (Å²) < 4.78 is 31.7. The molecule has 296 valence electrons. The van der Waals surface area contributed by atoms with E-state index in [4.69, 9.17) is 59.1 Å². The second kappa shape index (κ2) is 37.1. The van der Waals surface area contributed by atoms with Gasteiger partial charge in [-0.3, -0.25) is 9.80 Å². The third-order valence-electron chi connectivity index (χ3n) is 6.87.